The zero-order chi connectivity index (χ0) is 20.5. The van der Waals surface area contributed by atoms with Crippen LogP contribution in [0, 0.1) is 0 Å². The van der Waals surface area contributed by atoms with Gasteiger partial charge >= 0.3 is 5.97 Å². The smallest absolute Gasteiger partial charge is 0.336 e. The van der Waals surface area contributed by atoms with Crippen molar-refractivity contribution in [2.75, 3.05) is 20.2 Å². The van der Waals surface area contributed by atoms with Gasteiger partial charge in [0.25, 0.3) is 0 Å². The third-order valence-corrected chi connectivity index (χ3v) is 4.33. The molecule has 0 bridgehead atoms. The Morgan fingerprint density at radius 2 is 1.79 bits per heavy atom. The first-order valence-electron chi connectivity index (χ1n) is 9.08. The van der Waals surface area contributed by atoms with Crippen molar-refractivity contribution in [3.8, 4) is 11.5 Å². The van der Waals surface area contributed by atoms with Crippen LogP contribution in [0.3, 0.4) is 0 Å². The van der Waals surface area contributed by atoms with Gasteiger partial charge in [0.1, 0.15) is 18.1 Å². The van der Waals surface area contributed by atoms with Crippen molar-refractivity contribution in [2.45, 2.75) is 20.5 Å². The van der Waals surface area contributed by atoms with E-state index in [0.29, 0.717) is 22.6 Å². The molecule has 1 N–H and O–H groups in total. The molecule has 0 atom stereocenters. The summed E-state index contributed by atoms with van der Waals surface area (Å²) in [6.45, 7) is 5.66. The van der Waals surface area contributed by atoms with Crippen molar-refractivity contribution in [3.05, 3.63) is 71.4 Å². The van der Waals surface area contributed by atoms with Gasteiger partial charge < -0.3 is 19.5 Å². The summed E-state index contributed by atoms with van der Waals surface area (Å²) >= 11 is 0. The number of rotatable bonds is 10. The molecular weight excluding hydrogens is 358 g/mol. The fraction of sp³-hybridized carbons (Fsp3) is 0.273. The normalized spacial score (nSPS) is 10.7. The summed E-state index contributed by atoms with van der Waals surface area (Å²) in [7, 11) is 1.53. The number of carboxylic acid groups (broad SMARTS) is 1. The lowest BCUT2D eigenvalue weighted by Gasteiger charge is -2.15. The number of carbonyl (C=O) groups excluding carboxylic acids is 1. The predicted molar refractivity (Wildman–Crippen MR) is 107 cm³/mol. The molecular formula is C22H25NO5. The Labute approximate surface area is 165 Å². The molecule has 0 saturated heterocycles. The van der Waals surface area contributed by atoms with Crippen LogP contribution in [-0.4, -0.2) is 42.0 Å². The third kappa shape index (κ3) is 5.36. The number of ketones is 1. The molecule has 0 unspecified atom stereocenters. The molecule has 28 heavy (non-hydrogen) atoms. The van der Waals surface area contributed by atoms with Gasteiger partial charge in [0.2, 0.25) is 0 Å². The maximum Gasteiger partial charge on any atom is 0.336 e. The Balaban J connectivity index is 2.28. The summed E-state index contributed by atoms with van der Waals surface area (Å²) in [6.07, 6.45) is 3.27. The lowest BCUT2D eigenvalue weighted by atomic mass is 10.1. The number of nitrogens with zero attached hydrogens (tertiary/aromatic N) is 1. The number of aromatic carboxylic acids is 1. The van der Waals surface area contributed by atoms with E-state index in [-0.39, 0.29) is 18.0 Å². The monoisotopic (exact) mass is 383 g/mol. The van der Waals surface area contributed by atoms with E-state index in [0.717, 1.165) is 13.1 Å². The summed E-state index contributed by atoms with van der Waals surface area (Å²) < 4.78 is 11.1. The number of carbonyl (C=O) groups is 2. The minimum Gasteiger partial charge on any atom is -0.497 e. The largest absolute Gasteiger partial charge is 0.497 e. The second-order valence-corrected chi connectivity index (χ2v) is 6.01. The number of benzene rings is 2. The standard InChI is InChI=1S/C22H25NO5/c1-4-23(5-2)13-12-20(24)19-11-10-17(27-3)14-21(19)28-15-16-8-6-7-9-18(16)22(25)26/h6-14H,4-5,15H2,1-3H3,(H,25,26). The van der Waals surface area contributed by atoms with Gasteiger partial charge in [0.05, 0.1) is 18.2 Å². The van der Waals surface area contributed by atoms with E-state index in [9.17, 15) is 14.7 Å². The summed E-state index contributed by atoms with van der Waals surface area (Å²) in [4.78, 5) is 26.0. The first-order valence-corrected chi connectivity index (χ1v) is 9.08. The van der Waals surface area contributed by atoms with E-state index in [2.05, 4.69) is 0 Å². The summed E-state index contributed by atoms with van der Waals surface area (Å²) in [5.74, 6) is -0.334. The molecule has 0 aliphatic heterocycles. The number of allylic oxidation sites excluding steroid dienone is 1. The Kier molecular flexibility index (Phi) is 7.63. The minimum absolute atomic E-state index is 0.0235. The molecule has 0 aromatic heterocycles. The Morgan fingerprint density at radius 1 is 1.07 bits per heavy atom. The fourth-order valence-electron chi connectivity index (χ4n) is 2.66. The number of carboxylic acids is 1. The highest BCUT2D eigenvalue weighted by Gasteiger charge is 2.14. The summed E-state index contributed by atoms with van der Waals surface area (Å²) in [5.41, 5.74) is 1.08. The van der Waals surface area contributed by atoms with Crippen molar-refractivity contribution in [1.82, 2.24) is 4.90 Å². The zero-order valence-electron chi connectivity index (χ0n) is 16.3. The zero-order valence-corrected chi connectivity index (χ0v) is 16.3. The highest BCUT2D eigenvalue weighted by Crippen LogP contribution is 2.27. The molecule has 148 valence electrons. The molecule has 0 amide bonds. The van der Waals surface area contributed by atoms with Crippen molar-refractivity contribution >= 4 is 11.8 Å². The van der Waals surface area contributed by atoms with Crippen molar-refractivity contribution in [3.63, 3.8) is 0 Å². The topological polar surface area (TPSA) is 76.1 Å². The number of ether oxygens (including phenoxy) is 2. The van der Waals surface area contributed by atoms with E-state index in [1.54, 1.807) is 42.6 Å². The molecule has 0 radical (unpaired) electrons. The highest BCUT2D eigenvalue weighted by molar-refractivity contribution is 6.06. The van der Waals surface area contributed by atoms with E-state index >= 15 is 0 Å². The summed E-state index contributed by atoms with van der Waals surface area (Å²) in [5, 5.41) is 9.31. The van der Waals surface area contributed by atoms with Crippen LogP contribution in [-0.2, 0) is 6.61 Å². The molecule has 2 aromatic carbocycles. The predicted octanol–water partition coefficient (Wildman–Crippen LogP) is 4.01. The second kappa shape index (κ2) is 10.2. The maximum absolute atomic E-state index is 12.7. The van der Waals surface area contributed by atoms with E-state index < -0.39 is 5.97 Å². The van der Waals surface area contributed by atoms with Crippen molar-refractivity contribution < 1.29 is 24.2 Å². The van der Waals surface area contributed by atoms with Gasteiger partial charge in [-0.15, -0.1) is 0 Å². The maximum atomic E-state index is 12.7. The molecule has 0 heterocycles. The quantitative estimate of drug-likeness (QED) is 0.493. The van der Waals surface area contributed by atoms with Gasteiger partial charge in [0.15, 0.2) is 5.78 Å². The first kappa shape index (κ1) is 21.0. The molecule has 6 heteroatoms. The second-order valence-electron chi connectivity index (χ2n) is 6.01. The average molecular weight is 383 g/mol. The van der Waals surface area contributed by atoms with Gasteiger partial charge in [-0.25, -0.2) is 4.79 Å². The van der Waals surface area contributed by atoms with Crippen LogP contribution >= 0.6 is 0 Å². The molecule has 6 nitrogen and oxygen atoms in total. The summed E-state index contributed by atoms with van der Waals surface area (Å²) in [6, 6.07) is 11.6. The number of hydrogen-bond acceptors (Lipinski definition) is 5. The van der Waals surface area contributed by atoms with E-state index in [1.807, 2.05) is 18.7 Å². The lowest BCUT2D eigenvalue weighted by molar-refractivity contribution is 0.0693. The molecule has 0 spiro atoms. The first-order chi connectivity index (χ1) is 13.5. The van der Waals surface area contributed by atoms with Crippen LogP contribution in [0.1, 0.15) is 40.1 Å². The highest BCUT2D eigenvalue weighted by atomic mass is 16.5. The average Bonchev–Trinajstić information content (AvgIpc) is 2.72. The molecule has 2 aromatic rings. The fourth-order valence-corrected chi connectivity index (χ4v) is 2.66. The van der Waals surface area contributed by atoms with Gasteiger partial charge in [-0.3, -0.25) is 4.79 Å². The van der Waals surface area contributed by atoms with E-state index in [4.69, 9.17) is 9.47 Å². The Bertz CT molecular complexity index is 856. The van der Waals surface area contributed by atoms with Gasteiger partial charge in [-0.2, -0.15) is 0 Å². The van der Waals surface area contributed by atoms with Gasteiger partial charge in [-0.05, 0) is 32.0 Å². The van der Waals surface area contributed by atoms with Crippen molar-refractivity contribution in [1.29, 1.82) is 0 Å². The van der Waals surface area contributed by atoms with Gasteiger partial charge in [-0.1, -0.05) is 18.2 Å². The Morgan fingerprint density at radius 3 is 2.43 bits per heavy atom. The number of hydrogen-bond donors (Lipinski definition) is 1. The molecule has 0 aliphatic carbocycles. The minimum atomic E-state index is -1.02. The molecule has 0 aliphatic rings. The van der Waals surface area contributed by atoms with Crippen molar-refractivity contribution in [2.24, 2.45) is 0 Å². The van der Waals surface area contributed by atoms with Crippen LogP contribution in [0.25, 0.3) is 0 Å². The molecule has 2 rings (SSSR count). The lowest BCUT2D eigenvalue weighted by Crippen LogP contribution is -2.16. The van der Waals surface area contributed by atoms with Gasteiger partial charge in [0, 0.05) is 37.0 Å². The number of methoxy groups -OCH3 is 1. The Hall–Kier alpha value is -3.28. The van der Waals surface area contributed by atoms with Crippen LogP contribution in [0.5, 0.6) is 11.5 Å². The van der Waals surface area contributed by atoms with Crippen LogP contribution in [0.15, 0.2) is 54.7 Å². The third-order valence-electron chi connectivity index (χ3n) is 4.33. The van der Waals surface area contributed by atoms with E-state index in [1.165, 1.54) is 19.3 Å². The molecule has 0 fully saturated rings. The van der Waals surface area contributed by atoms with Crippen LogP contribution < -0.4 is 9.47 Å². The molecule has 0 saturated carbocycles. The van der Waals surface area contributed by atoms with Crippen LogP contribution in [0.4, 0.5) is 0 Å². The van der Waals surface area contributed by atoms with Crippen LogP contribution in [0.2, 0.25) is 0 Å². The SMILES string of the molecule is CCN(C=CC(=O)c1ccc(OC)cc1OCc1ccccc1C(=O)O)CC.